The van der Waals surface area contributed by atoms with Gasteiger partial charge in [0, 0.05) is 5.02 Å². The molecule has 1 aliphatic heterocycles. The Kier molecular flexibility index (Phi) is 3.50. The van der Waals surface area contributed by atoms with Gasteiger partial charge in [0.25, 0.3) is 0 Å². The molecule has 6 unspecified atom stereocenters. The smallest absolute Gasteiger partial charge is 0.244 e. The van der Waals surface area contributed by atoms with Crippen molar-refractivity contribution in [3.05, 3.63) is 40.4 Å². The normalized spacial score (nSPS) is 36.2. The molecule has 4 aliphatic carbocycles. The van der Waals surface area contributed by atoms with Gasteiger partial charge in [0.1, 0.15) is 6.54 Å². The molecular formula is C19H16Cl2N2O3. The van der Waals surface area contributed by atoms with Crippen molar-refractivity contribution < 1.29 is 14.4 Å². The highest BCUT2D eigenvalue weighted by Crippen LogP contribution is 2.65. The van der Waals surface area contributed by atoms with Crippen LogP contribution in [0.25, 0.3) is 0 Å². The van der Waals surface area contributed by atoms with Crippen molar-refractivity contribution in [2.75, 3.05) is 11.9 Å². The summed E-state index contributed by atoms with van der Waals surface area (Å²) in [5.41, 5.74) is 0.403. The number of anilines is 1. The summed E-state index contributed by atoms with van der Waals surface area (Å²) in [5, 5.41) is 3.42. The molecule has 1 N–H and O–H groups in total. The number of carbonyl (C=O) groups excluding carboxylic acids is 3. The van der Waals surface area contributed by atoms with E-state index in [9.17, 15) is 14.4 Å². The molecule has 0 aromatic heterocycles. The SMILES string of the molecule is O=C(CN1C(=O)C2C3C=CC(C4CC34)C2C1=O)Nc1ccc(Cl)cc1Cl. The van der Waals surface area contributed by atoms with Crippen LogP contribution in [0.5, 0.6) is 0 Å². The van der Waals surface area contributed by atoms with Crippen LogP contribution in [0.3, 0.4) is 0 Å². The number of nitrogens with zero attached hydrogens (tertiary/aromatic N) is 1. The van der Waals surface area contributed by atoms with E-state index in [1.165, 1.54) is 6.07 Å². The Morgan fingerprint density at radius 3 is 2.27 bits per heavy atom. The van der Waals surface area contributed by atoms with Crippen LogP contribution in [0.2, 0.25) is 10.0 Å². The fourth-order valence-corrected chi connectivity index (χ4v) is 5.55. The van der Waals surface area contributed by atoms with Crippen molar-refractivity contribution in [1.29, 1.82) is 0 Å². The average Bonchev–Trinajstić information content (AvgIpc) is 3.39. The van der Waals surface area contributed by atoms with Crippen molar-refractivity contribution in [3.63, 3.8) is 0 Å². The number of allylic oxidation sites excluding steroid dienone is 2. The summed E-state index contributed by atoms with van der Waals surface area (Å²) in [6.45, 7) is -0.279. The highest BCUT2D eigenvalue weighted by molar-refractivity contribution is 6.36. The van der Waals surface area contributed by atoms with E-state index in [0.29, 0.717) is 27.6 Å². The maximum atomic E-state index is 12.9. The quantitative estimate of drug-likeness (QED) is 0.637. The lowest BCUT2D eigenvalue weighted by molar-refractivity contribution is -0.142. The second kappa shape index (κ2) is 5.57. The topological polar surface area (TPSA) is 66.5 Å². The molecular weight excluding hydrogens is 375 g/mol. The van der Waals surface area contributed by atoms with E-state index in [4.69, 9.17) is 23.2 Å². The molecule has 5 nitrogen and oxygen atoms in total. The monoisotopic (exact) mass is 390 g/mol. The maximum Gasteiger partial charge on any atom is 0.244 e. The van der Waals surface area contributed by atoms with Crippen molar-refractivity contribution >= 4 is 46.6 Å². The van der Waals surface area contributed by atoms with Crippen molar-refractivity contribution in [1.82, 2.24) is 4.90 Å². The molecule has 1 aromatic carbocycles. The first kappa shape index (κ1) is 16.3. The number of carbonyl (C=O) groups is 3. The summed E-state index contributed by atoms with van der Waals surface area (Å²) >= 11 is 11.9. The molecule has 6 rings (SSSR count). The van der Waals surface area contributed by atoms with E-state index >= 15 is 0 Å². The third-order valence-electron chi connectivity index (χ3n) is 6.26. The third-order valence-corrected chi connectivity index (χ3v) is 6.81. The van der Waals surface area contributed by atoms with Gasteiger partial charge in [0.05, 0.1) is 22.5 Å². The summed E-state index contributed by atoms with van der Waals surface area (Å²) in [6, 6.07) is 4.72. The highest BCUT2D eigenvalue weighted by atomic mass is 35.5. The fourth-order valence-electron chi connectivity index (χ4n) is 5.10. The summed E-state index contributed by atoms with van der Waals surface area (Å²) in [7, 11) is 0. The number of hydrogen-bond acceptors (Lipinski definition) is 3. The second-order valence-electron chi connectivity index (χ2n) is 7.59. The molecule has 1 saturated heterocycles. The Bertz CT molecular complexity index is 848. The van der Waals surface area contributed by atoms with E-state index in [-0.39, 0.29) is 42.0 Å². The molecule has 1 aromatic rings. The fraction of sp³-hybridized carbons (Fsp3) is 0.421. The van der Waals surface area contributed by atoms with Gasteiger partial charge in [-0.15, -0.1) is 0 Å². The molecule has 2 bridgehead atoms. The Hall–Kier alpha value is -1.85. The van der Waals surface area contributed by atoms with Gasteiger partial charge in [-0.3, -0.25) is 19.3 Å². The van der Waals surface area contributed by atoms with Crippen LogP contribution in [-0.2, 0) is 14.4 Å². The molecule has 5 aliphatic rings. The molecule has 26 heavy (non-hydrogen) atoms. The van der Waals surface area contributed by atoms with Gasteiger partial charge in [-0.1, -0.05) is 35.4 Å². The maximum absolute atomic E-state index is 12.9. The minimum Gasteiger partial charge on any atom is -0.323 e. The van der Waals surface area contributed by atoms with Crippen LogP contribution in [0.4, 0.5) is 5.69 Å². The zero-order chi connectivity index (χ0) is 18.2. The van der Waals surface area contributed by atoms with Crippen LogP contribution >= 0.6 is 23.2 Å². The lowest BCUT2D eigenvalue weighted by Crippen LogP contribution is -2.40. The van der Waals surface area contributed by atoms with Gasteiger partial charge in [0.15, 0.2) is 0 Å². The molecule has 6 atom stereocenters. The summed E-state index contributed by atoms with van der Waals surface area (Å²) < 4.78 is 0. The van der Waals surface area contributed by atoms with Crippen LogP contribution in [-0.4, -0.2) is 29.2 Å². The minimum atomic E-state index is -0.444. The molecule has 1 heterocycles. The minimum absolute atomic E-state index is 0.158. The van der Waals surface area contributed by atoms with Gasteiger partial charge in [-0.05, 0) is 48.3 Å². The van der Waals surface area contributed by atoms with Crippen LogP contribution in [0.15, 0.2) is 30.4 Å². The first-order chi connectivity index (χ1) is 12.5. The van der Waals surface area contributed by atoms with E-state index in [1.807, 2.05) is 0 Å². The number of halogens is 2. The predicted molar refractivity (Wildman–Crippen MR) is 96.5 cm³/mol. The van der Waals surface area contributed by atoms with Gasteiger partial charge < -0.3 is 5.32 Å². The lowest BCUT2D eigenvalue weighted by atomic mass is 9.63. The largest absolute Gasteiger partial charge is 0.323 e. The Morgan fingerprint density at radius 2 is 1.69 bits per heavy atom. The van der Waals surface area contributed by atoms with E-state index in [0.717, 1.165) is 11.3 Å². The number of amides is 3. The number of benzene rings is 1. The van der Waals surface area contributed by atoms with Gasteiger partial charge in [-0.2, -0.15) is 0 Å². The molecule has 7 heteroatoms. The molecule has 3 fully saturated rings. The van der Waals surface area contributed by atoms with Crippen molar-refractivity contribution in [3.8, 4) is 0 Å². The standard InChI is InChI=1S/C19H16Cl2N2O3/c20-8-1-4-14(13(21)5-8)22-15(24)7-23-18(25)16-9-2-3-10(12-6-11(9)12)17(16)19(23)26/h1-5,9-12,16-17H,6-7H2,(H,22,24). The Labute approximate surface area is 160 Å². The first-order valence-electron chi connectivity index (χ1n) is 8.74. The molecule has 3 amide bonds. The van der Waals surface area contributed by atoms with E-state index in [2.05, 4.69) is 17.5 Å². The number of nitrogens with one attached hydrogen (secondary N) is 1. The Morgan fingerprint density at radius 1 is 1.08 bits per heavy atom. The van der Waals surface area contributed by atoms with Crippen LogP contribution in [0.1, 0.15) is 6.42 Å². The van der Waals surface area contributed by atoms with Gasteiger partial charge in [-0.25, -0.2) is 0 Å². The third kappa shape index (κ3) is 2.26. The van der Waals surface area contributed by atoms with Crippen molar-refractivity contribution in [2.24, 2.45) is 35.5 Å². The zero-order valence-corrected chi connectivity index (χ0v) is 15.2. The van der Waals surface area contributed by atoms with E-state index in [1.54, 1.807) is 12.1 Å². The Balaban J connectivity index is 1.33. The summed E-state index contributed by atoms with van der Waals surface area (Å²) in [4.78, 5) is 39.2. The number of hydrogen-bond donors (Lipinski definition) is 1. The van der Waals surface area contributed by atoms with Gasteiger partial charge >= 0.3 is 0 Å². The second-order valence-corrected chi connectivity index (χ2v) is 8.43. The number of imide groups is 1. The summed E-state index contributed by atoms with van der Waals surface area (Å²) in [6.07, 6.45) is 5.34. The first-order valence-corrected chi connectivity index (χ1v) is 9.50. The van der Waals surface area contributed by atoms with Crippen LogP contribution < -0.4 is 5.32 Å². The number of rotatable bonds is 3. The van der Waals surface area contributed by atoms with E-state index < -0.39 is 5.91 Å². The zero-order valence-electron chi connectivity index (χ0n) is 13.7. The summed E-state index contributed by atoms with van der Waals surface area (Å²) in [5.74, 6) is -0.0183. The molecule has 0 spiro atoms. The lowest BCUT2D eigenvalue weighted by Gasteiger charge is -2.37. The molecule has 2 saturated carbocycles. The van der Waals surface area contributed by atoms with Crippen LogP contribution in [0, 0.1) is 35.5 Å². The highest BCUT2D eigenvalue weighted by Gasteiger charge is 2.67. The van der Waals surface area contributed by atoms with Crippen molar-refractivity contribution in [2.45, 2.75) is 6.42 Å². The predicted octanol–water partition coefficient (Wildman–Crippen LogP) is 2.99. The van der Waals surface area contributed by atoms with Gasteiger partial charge in [0.2, 0.25) is 17.7 Å². The molecule has 134 valence electrons. The molecule has 0 radical (unpaired) electrons. The average molecular weight is 391 g/mol. The number of likely N-dealkylation sites (tertiary alicyclic amines) is 1.